The Morgan fingerprint density at radius 2 is 1.00 bits per heavy atom. The summed E-state index contributed by atoms with van der Waals surface area (Å²) in [4.78, 5) is 8.98. The van der Waals surface area contributed by atoms with Gasteiger partial charge in [-0.2, -0.15) is 0 Å². The third kappa shape index (κ3) is 3.24. The first-order valence-electron chi connectivity index (χ1n) is 7.11. The maximum atomic E-state index is 4.49. The quantitative estimate of drug-likeness (QED) is 0.746. The molecule has 2 heteroatoms. The third-order valence-corrected chi connectivity index (χ3v) is 3.39. The fourth-order valence-corrected chi connectivity index (χ4v) is 2.04. The van der Waals surface area contributed by atoms with Crippen LogP contribution in [0.3, 0.4) is 0 Å². The van der Waals surface area contributed by atoms with Crippen molar-refractivity contribution in [2.75, 3.05) is 0 Å². The molecule has 0 aliphatic rings. The summed E-state index contributed by atoms with van der Waals surface area (Å²) in [6.07, 6.45) is 3.79. The predicted octanol–water partition coefficient (Wildman–Crippen LogP) is 4.74. The standard InChI is InChI=1S/C18H24N2/c1-17(2,3)15-11-13(7-9-19-15)14-8-10-20-16(12-14)18(4,5)6/h7-12H,1-6H3. The molecule has 0 spiro atoms. The van der Waals surface area contributed by atoms with Crippen molar-refractivity contribution in [3.05, 3.63) is 48.0 Å². The highest BCUT2D eigenvalue weighted by molar-refractivity contribution is 5.64. The molecule has 0 unspecified atom stereocenters. The molecule has 0 aliphatic heterocycles. The SMILES string of the molecule is CC(C)(C)c1cc(-c2ccnc(C(C)(C)C)c2)ccn1. The summed E-state index contributed by atoms with van der Waals surface area (Å²) in [5.74, 6) is 0. The molecule has 0 saturated heterocycles. The molecule has 0 saturated carbocycles. The van der Waals surface area contributed by atoms with Crippen LogP contribution in [0, 0.1) is 0 Å². The van der Waals surface area contributed by atoms with Gasteiger partial charge in [-0.3, -0.25) is 9.97 Å². The van der Waals surface area contributed by atoms with Gasteiger partial charge in [-0.15, -0.1) is 0 Å². The van der Waals surface area contributed by atoms with Crippen molar-refractivity contribution in [1.82, 2.24) is 9.97 Å². The van der Waals surface area contributed by atoms with Crippen LogP contribution in [0.4, 0.5) is 0 Å². The first kappa shape index (κ1) is 14.7. The molecule has 2 aromatic rings. The largest absolute Gasteiger partial charge is 0.261 e. The lowest BCUT2D eigenvalue weighted by atomic mass is 9.88. The van der Waals surface area contributed by atoms with Crippen molar-refractivity contribution >= 4 is 0 Å². The molecular weight excluding hydrogens is 244 g/mol. The number of aromatic nitrogens is 2. The lowest BCUT2D eigenvalue weighted by Crippen LogP contribution is -2.14. The van der Waals surface area contributed by atoms with Crippen LogP contribution in [0.15, 0.2) is 36.7 Å². The van der Waals surface area contributed by atoms with E-state index in [1.54, 1.807) is 0 Å². The molecule has 2 heterocycles. The van der Waals surface area contributed by atoms with Gasteiger partial charge in [0, 0.05) is 34.6 Å². The van der Waals surface area contributed by atoms with Crippen LogP contribution in [-0.4, -0.2) is 9.97 Å². The van der Waals surface area contributed by atoms with Gasteiger partial charge < -0.3 is 0 Å². The number of hydrogen-bond donors (Lipinski definition) is 0. The van der Waals surface area contributed by atoms with Crippen LogP contribution < -0.4 is 0 Å². The van der Waals surface area contributed by atoms with E-state index in [-0.39, 0.29) is 10.8 Å². The summed E-state index contributed by atoms with van der Waals surface area (Å²) in [5, 5.41) is 0. The summed E-state index contributed by atoms with van der Waals surface area (Å²) in [5.41, 5.74) is 4.77. The van der Waals surface area contributed by atoms with Crippen LogP contribution in [0.1, 0.15) is 52.9 Å². The molecule has 0 radical (unpaired) electrons. The normalized spacial score (nSPS) is 12.5. The highest BCUT2D eigenvalue weighted by Gasteiger charge is 2.18. The molecule has 2 aromatic heterocycles. The molecule has 0 aliphatic carbocycles. The van der Waals surface area contributed by atoms with Gasteiger partial charge in [0.1, 0.15) is 0 Å². The highest BCUT2D eigenvalue weighted by Crippen LogP contribution is 2.28. The molecule has 0 amide bonds. The number of nitrogens with zero attached hydrogens (tertiary/aromatic N) is 2. The average molecular weight is 268 g/mol. The maximum absolute atomic E-state index is 4.49. The molecule has 2 nitrogen and oxygen atoms in total. The fourth-order valence-electron chi connectivity index (χ4n) is 2.04. The lowest BCUT2D eigenvalue weighted by Gasteiger charge is -2.20. The van der Waals surface area contributed by atoms with Crippen molar-refractivity contribution < 1.29 is 0 Å². The second-order valence-electron chi connectivity index (χ2n) is 7.36. The Morgan fingerprint density at radius 3 is 1.30 bits per heavy atom. The third-order valence-electron chi connectivity index (χ3n) is 3.39. The monoisotopic (exact) mass is 268 g/mol. The topological polar surface area (TPSA) is 25.8 Å². The second kappa shape index (κ2) is 5.01. The highest BCUT2D eigenvalue weighted by atomic mass is 14.7. The van der Waals surface area contributed by atoms with Gasteiger partial charge >= 0.3 is 0 Å². The summed E-state index contributed by atoms with van der Waals surface area (Å²) in [6, 6.07) is 8.50. The van der Waals surface area contributed by atoms with Gasteiger partial charge in [-0.05, 0) is 35.4 Å². The minimum Gasteiger partial charge on any atom is -0.261 e. The van der Waals surface area contributed by atoms with E-state index in [2.05, 4.69) is 75.8 Å². The van der Waals surface area contributed by atoms with Crippen molar-refractivity contribution in [3.8, 4) is 11.1 Å². The van der Waals surface area contributed by atoms with Crippen LogP contribution in [0.25, 0.3) is 11.1 Å². The van der Waals surface area contributed by atoms with E-state index in [0.29, 0.717) is 0 Å². The second-order valence-corrected chi connectivity index (χ2v) is 7.36. The summed E-state index contributed by atoms with van der Waals surface area (Å²) < 4.78 is 0. The molecule has 0 aromatic carbocycles. The Kier molecular flexibility index (Phi) is 3.68. The molecule has 0 fully saturated rings. The summed E-state index contributed by atoms with van der Waals surface area (Å²) in [6.45, 7) is 13.1. The van der Waals surface area contributed by atoms with E-state index in [9.17, 15) is 0 Å². The van der Waals surface area contributed by atoms with E-state index in [4.69, 9.17) is 0 Å². The molecule has 2 rings (SSSR count). The van der Waals surface area contributed by atoms with E-state index in [1.807, 2.05) is 12.4 Å². The lowest BCUT2D eigenvalue weighted by molar-refractivity contribution is 0.568. The van der Waals surface area contributed by atoms with E-state index >= 15 is 0 Å². The molecule has 106 valence electrons. The van der Waals surface area contributed by atoms with Gasteiger partial charge in [0.05, 0.1) is 0 Å². The minimum atomic E-state index is 0.0654. The average Bonchev–Trinajstić information content (AvgIpc) is 2.37. The Morgan fingerprint density at radius 1 is 0.650 bits per heavy atom. The van der Waals surface area contributed by atoms with Crippen molar-refractivity contribution in [3.63, 3.8) is 0 Å². The maximum Gasteiger partial charge on any atom is 0.0463 e. The van der Waals surface area contributed by atoms with E-state index in [1.165, 1.54) is 11.1 Å². The van der Waals surface area contributed by atoms with Crippen LogP contribution >= 0.6 is 0 Å². The first-order chi connectivity index (χ1) is 9.18. The minimum absolute atomic E-state index is 0.0654. The molecule has 20 heavy (non-hydrogen) atoms. The van der Waals surface area contributed by atoms with E-state index in [0.717, 1.165) is 11.4 Å². The Balaban J connectivity index is 2.47. The zero-order chi connectivity index (χ0) is 15.0. The molecule has 0 N–H and O–H groups in total. The Labute approximate surface area is 122 Å². The number of hydrogen-bond acceptors (Lipinski definition) is 2. The van der Waals surface area contributed by atoms with Gasteiger partial charge in [-0.1, -0.05) is 41.5 Å². The van der Waals surface area contributed by atoms with Crippen molar-refractivity contribution in [2.45, 2.75) is 52.4 Å². The van der Waals surface area contributed by atoms with Gasteiger partial charge in [0.2, 0.25) is 0 Å². The predicted molar refractivity (Wildman–Crippen MR) is 84.9 cm³/mol. The summed E-state index contributed by atoms with van der Waals surface area (Å²) >= 11 is 0. The van der Waals surface area contributed by atoms with Crippen LogP contribution in [0.2, 0.25) is 0 Å². The Hall–Kier alpha value is -1.70. The zero-order valence-electron chi connectivity index (χ0n) is 13.4. The molecular formula is C18H24N2. The van der Waals surface area contributed by atoms with Crippen LogP contribution in [-0.2, 0) is 10.8 Å². The van der Waals surface area contributed by atoms with Gasteiger partial charge in [-0.25, -0.2) is 0 Å². The Bertz CT molecular complexity index is 546. The van der Waals surface area contributed by atoms with E-state index < -0.39 is 0 Å². The van der Waals surface area contributed by atoms with Gasteiger partial charge in [0.15, 0.2) is 0 Å². The van der Waals surface area contributed by atoms with Gasteiger partial charge in [0.25, 0.3) is 0 Å². The van der Waals surface area contributed by atoms with Crippen molar-refractivity contribution in [2.24, 2.45) is 0 Å². The molecule has 0 atom stereocenters. The summed E-state index contributed by atoms with van der Waals surface area (Å²) in [7, 11) is 0. The van der Waals surface area contributed by atoms with Crippen LogP contribution in [0.5, 0.6) is 0 Å². The zero-order valence-corrected chi connectivity index (χ0v) is 13.4. The molecule has 0 bridgehead atoms. The smallest absolute Gasteiger partial charge is 0.0463 e. The fraction of sp³-hybridized carbons (Fsp3) is 0.444. The first-order valence-corrected chi connectivity index (χ1v) is 7.11. The number of pyridine rings is 2. The number of rotatable bonds is 1. The van der Waals surface area contributed by atoms with Crippen molar-refractivity contribution in [1.29, 1.82) is 0 Å².